The molecule has 0 aromatic heterocycles. The van der Waals surface area contributed by atoms with Gasteiger partial charge in [0.2, 0.25) is 0 Å². The first-order valence-corrected chi connectivity index (χ1v) is 6.60. The maximum absolute atomic E-state index is 8.54. The van der Waals surface area contributed by atoms with Crippen LogP contribution in [0.1, 0.15) is 51.0 Å². The van der Waals surface area contributed by atoms with Crippen LogP contribution in [0.5, 0.6) is 0 Å². The molecule has 0 saturated carbocycles. The molecular formula is C15H26O2. The quantitative estimate of drug-likeness (QED) is 0.714. The van der Waals surface area contributed by atoms with Crippen molar-refractivity contribution >= 4 is 0 Å². The van der Waals surface area contributed by atoms with Crippen molar-refractivity contribution in [3.63, 3.8) is 0 Å². The van der Waals surface area contributed by atoms with E-state index in [0.717, 1.165) is 12.0 Å². The molecule has 0 saturated heterocycles. The lowest BCUT2D eigenvalue weighted by atomic mass is 10.1. The Balaban J connectivity index is 0.000000302. The van der Waals surface area contributed by atoms with Gasteiger partial charge in [0.25, 0.3) is 0 Å². The molecule has 0 aliphatic rings. The van der Waals surface area contributed by atoms with Crippen LogP contribution < -0.4 is 0 Å². The Morgan fingerprint density at radius 2 is 1.41 bits per heavy atom. The normalized spacial score (nSPS) is 9.59. The Morgan fingerprint density at radius 3 is 1.88 bits per heavy atom. The minimum atomic E-state index is 0.140. The molecule has 0 bridgehead atoms. The van der Waals surface area contributed by atoms with Crippen molar-refractivity contribution in [2.75, 3.05) is 6.61 Å². The maximum atomic E-state index is 8.54. The minimum absolute atomic E-state index is 0.140. The summed E-state index contributed by atoms with van der Waals surface area (Å²) in [7, 11) is 0. The van der Waals surface area contributed by atoms with E-state index in [-0.39, 0.29) is 6.61 Å². The second-order valence-corrected chi connectivity index (χ2v) is 4.14. The monoisotopic (exact) mass is 238 g/mol. The van der Waals surface area contributed by atoms with E-state index in [0.29, 0.717) is 6.61 Å². The first kappa shape index (κ1) is 16.1. The van der Waals surface area contributed by atoms with Crippen molar-refractivity contribution in [2.24, 2.45) is 0 Å². The smallest absolute Gasteiger partial charge is 0.0681 e. The second kappa shape index (κ2) is 13.2. The standard InChI is InChI=1S/C8H18O.C7H8O/c1-2-3-4-5-6-7-8-9;8-6-7-4-2-1-3-5-7/h9H,2-8H2,1H3;1-5,8H,6H2. The lowest BCUT2D eigenvalue weighted by Crippen LogP contribution is -1.82. The van der Waals surface area contributed by atoms with Crippen LogP contribution in [0, 0.1) is 0 Å². The third kappa shape index (κ3) is 11.4. The summed E-state index contributed by atoms with van der Waals surface area (Å²) in [6.07, 6.45) is 7.50. The molecular weight excluding hydrogens is 212 g/mol. The molecule has 1 aromatic rings. The van der Waals surface area contributed by atoms with Crippen LogP contribution >= 0.6 is 0 Å². The summed E-state index contributed by atoms with van der Waals surface area (Å²) in [5.74, 6) is 0. The summed E-state index contributed by atoms with van der Waals surface area (Å²) in [5.41, 5.74) is 0.965. The van der Waals surface area contributed by atoms with E-state index in [9.17, 15) is 0 Å². The predicted octanol–water partition coefficient (Wildman–Crippen LogP) is 3.52. The van der Waals surface area contributed by atoms with Crippen LogP contribution in [0.25, 0.3) is 0 Å². The third-order valence-electron chi connectivity index (χ3n) is 2.54. The molecule has 17 heavy (non-hydrogen) atoms. The molecule has 0 amide bonds. The molecule has 0 heterocycles. The first-order chi connectivity index (χ1) is 8.35. The molecule has 0 unspecified atom stereocenters. The zero-order chi connectivity index (χ0) is 12.8. The van der Waals surface area contributed by atoms with Crippen molar-refractivity contribution in [1.82, 2.24) is 0 Å². The lowest BCUT2D eigenvalue weighted by molar-refractivity contribution is 0.281. The Bertz CT molecular complexity index is 228. The Kier molecular flexibility index (Phi) is 12.5. The second-order valence-electron chi connectivity index (χ2n) is 4.14. The van der Waals surface area contributed by atoms with Gasteiger partial charge < -0.3 is 10.2 Å². The molecule has 1 aromatic carbocycles. The van der Waals surface area contributed by atoms with Crippen LogP contribution in [-0.2, 0) is 6.61 Å². The van der Waals surface area contributed by atoms with Gasteiger partial charge >= 0.3 is 0 Å². The SMILES string of the molecule is CCCCCCCCO.OCc1ccccc1. The summed E-state index contributed by atoms with van der Waals surface area (Å²) in [4.78, 5) is 0. The summed E-state index contributed by atoms with van der Waals surface area (Å²) in [6, 6.07) is 9.52. The van der Waals surface area contributed by atoms with Crippen molar-refractivity contribution in [3.8, 4) is 0 Å². The summed E-state index contributed by atoms with van der Waals surface area (Å²) in [6.45, 7) is 2.72. The summed E-state index contributed by atoms with van der Waals surface area (Å²) >= 11 is 0. The van der Waals surface area contributed by atoms with Crippen molar-refractivity contribution < 1.29 is 10.2 Å². The van der Waals surface area contributed by atoms with Crippen molar-refractivity contribution in [2.45, 2.75) is 52.1 Å². The van der Waals surface area contributed by atoms with E-state index in [1.165, 1.54) is 32.1 Å². The zero-order valence-electron chi connectivity index (χ0n) is 10.9. The molecule has 98 valence electrons. The molecule has 0 aliphatic carbocycles. The zero-order valence-corrected chi connectivity index (χ0v) is 10.9. The first-order valence-electron chi connectivity index (χ1n) is 6.60. The minimum Gasteiger partial charge on any atom is -0.396 e. The lowest BCUT2D eigenvalue weighted by Gasteiger charge is -1.95. The molecule has 0 radical (unpaired) electrons. The van der Waals surface area contributed by atoms with Gasteiger partial charge in [0.15, 0.2) is 0 Å². The highest BCUT2D eigenvalue weighted by atomic mass is 16.3. The maximum Gasteiger partial charge on any atom is 0.0681 e. The van der Waals surface area contributed by atoms with Crippen LogP contribution in [0.4, 0.5) is 0 Å². The van der Waals surface area contributed by atoms with E-state index in [1.807, 2.05) is 30.3 Å². The number of aliphatic hydroxyl groups is 2. The van der Waals surface area contributed by atoms with E-state index in [1.54, 1.807) is 0 Å². The summed E-state index contributed by atoms with van der Waals surface area (Å²) < 4.78 is 0. The van der Waals surface area contributed by atoms with E-state index in [4.69, 9.17) is 10.2 Å². The molecule has 2 heteroatoms. The number of benzene rings is 1. The van der Waals surface area contributed by atoms with E-state index < -0.39 is 0 Å². The average molecular weight is 238 g/mol. The van der Waals surface area contributed by atoms with Gasteiger partial charge in [-0.25, -0.2) is 0 Å². The van der Waals surface area contributed by atoms with Crippen LogP contribution in [-0.4, -0.2) is 16.8 Å². The van der Waals surface area contributed by atoms with Gasteiger partial charge in [0.05, 0.1) is 6.61 Å². The fourth-order valence-electron chi connectivity index (χ4n) is 1.48. The Labute approximate surface area is 105 Å². The molecule has 0 fully saturated rings. The van der Waals surface area contributed by atoms with Crippen molar-refractivity contribution in [1.29, 1.82) is 0 Å². The van der Waals surface area contributed by atoms with Crippen molar-refractivity contribution in [3.05, 3.63) is 35.9 Å². The largest absolute Gasteiger partial charge is 0.396 e. The topological polar surface area (TPSA) is 40.5 Å². The van der Waals surface area contributed by atoms with E-state index >= 15 is 0 Å². The highest BCUT2D eigenvalue weighted by molar-refractivity contribution is 5.12. The summed E-state index contributed by atoms with van der Waals surface area (Å²) in [5, 5.41) is 17.0. The number of rotatable bonds is 7. The van der Waals surface area contributed by atoms with Crippen LogP contribution in [0.2, 0.25) is 0 Å². The Morgan fingerprint density at radius 1 is 0.824 bits per heavy atom. The number of unbranched alkanes of at least 4 members (excludes halogenated alkanes) is 5. The number of aliphatic hydroxyl groups excluding tert-OH is 2. The number of hydrogen-bond acceptors (Lipinski definition) is 2. The van der Waals surface area contributed by atoms with Gasteiger partial charge in [-0.15, -0.1) is 0 Å². The number of hydrogen-bond donors (Lipinski definition) is 2. The van der Waals surface area contributed by atoms with Crippen LogP contribution in [0.15, 0.2) is 30.3 Å². The van der Waals surface area contributed by atoms with Gasteiger partial charge in [-0.2, -0.15) is 0 Å². The molecule has 0 atom stereocenters. The highest BCUT2D eigenvalue weighted by Crippen LogP contribution is 2.03. The van der Waals surface area contributed by atoms with Crippen LogP contribution in [0.3, 0.4) is 0 Å². The molecule has 0 spiro atoms. The molecule has 2 N–H and O–H groups in total. The van der Waals surface area contributed by atoms with Gasteiger partial charge in [-0.05, 0) is 12.0 Å². The van der Waals surface area contributed by atoms with Gasteiger partial charge in [0, 0.05) is 6.61 Å². The fourth-order valence-corrected chi connectivity index (χ4v) is 1.48. The molecule has 1 rings (SSSR count). The van der Waals surface area contributed by atoms with Gasteiger partial charge in [-0.1, -0.05) is 69.4 Å². The third-order valence-corrected chi connectivity index (χ3v) is 2.54. The average Bonchev–Trinajstić information content (AvgIpc) is 2.40. The Hall–Kier alpha value is -0.860. The van der Waals surface area contributed by atoms with Gasteiger partial charge in [0.1, 0.15) is 0 Å². The highest BCUT2D eigenvalue weighted by Gasteiger charge is 1.86. The molecule has 2 nitrogen and oxygen atoms in total. The molecule has 0 aliphatic heterocycles. The van der Waals surface area contributed by atoms with E-state index in [2.05, 4.69) is 6.92 Å². The van der Waals surface area contributed by atoms with Gasteiger partial charge in [-0.3, -0.25) is 0 Å². The fraction of sp³-hybridized carbons (Fsp3) is 0.600. The predicted molar refractivity (Wildman–Crippen MR) is 72.8 cm³/mol.